The number of hydrogen-bond donors (Lipinski definition) is 3. The van der Waals surface area contributed by atoms with Crippen LogP contribution in [0.3, 0.4) is 0 Å². The van der Waals surface area contributed by atoms with Crippen LogP contribution in [0.25, 0.3) is 0 Å². The van der Waals surface area contributed by atoms with Crippen molar-refractivity contribution in [1.29, 1.82) is 0 Å². The van der Waals surface area contributed by atoms with Crippen LogP contribution in [0.1, 0.15) is 26.2 Å². The Kier molecular flexibility index (Phi) is 3.69. The van der Waals surface area contributed by atoms with Gasteiger partial charge in [-0.05, 0) is 38.9 Å². The van der Waals surface area contributed by atoms with Gasteiger partial charge in [0.05, 0.1) is 0 Å². The van der Waals surface area contributed by atoms with E-state index in [1.165, 1.54) is 0 Å². The molecule has 3 N–H and O–H groups in total. The molecule has 0 saturated carbocycles. The Morgan fingerprint density at radius 2 is 2.15 bits per heavy atom. The Hall–Kier alpha value is -0.610. The highest BCUT2D eigenvalue weighted by molar-refractivity contribution is 5.79. The number of nitrogens with one attached hydrogen (secondary N) is 2. The zero-order valence-electron chi connectivity index (χ0n) is 8.10. The molecule has 0 radical (unpaired) electrons. The van der Waals surface area contributed by atoms with E-state index in [2.05, 4.69) is 10.6 Å². The fourth-order valence-corrected chi connectivity index (χ4v) is 1.68. The summed E-state index contributed by atoms with van der Waals surface area (Å²) < 4.78 is 0. The third-order valence-electron chi connectivity index (χ3n) is 2.58. The smallest absolute Gasteiger partial charge is 0.323 e. The molecule has 0 atom stereocenters. The number of carboxylic acid groups (broad SMARTS) is 1. The average Bonchev–Trinajstić information content (AvgIpc) is 2.16. The van der Waals surface area contributed by atoms with Gasteiger partial charge in [-0.1, -0.05) is 6.92 Å². The number of carboxylic acids is 1. The minimum absolute atomic E-state index is 0.665. The molecule has 4 heteroatoms. The maximum atomic E-state index is 11.1. The van der Waals surface area contributed by atoms with E-state index < -0.39 is 11.5 Å². The van der Waals surface area contributed by atoms with Gasteiger partial charge in [0.2, 0.25) is 0 Å². The number of rotatable bonds is 4. The predicted molar refractivity (Wildman–Crippen MR) is 50.8 cm³/mol. The summed E-state index contributed by atoms with van der Waals surface area (Å²) in [6, 6.07) is 0. The standard InChI is InChI=1S/C9H18N2O2/c1-2-5-11-9(8(12)13)3-6-10-7-4-9/h10-11H,2-7H2,1H3,(H,12,13). The molecule has 0 unspecified atom stereocenters. The normalized spacial score (nSPS) is 21.3. The molecular weight excluding hydrogens is 168 g/mol. The van der Waals surface area contributed by atoms with E-state index in [0.29, 0.717) is 12.8 Å². The predicted octanol–water partition coefficient (Wildman–Crippen LogP) is 0.193. The highest BCUT2D eigenvalue weighted by Gasteiger charge is 2.38. The second kappa shape index (κ2) is 4.58. The Labute approximate surface area is 78.7 Å². The molecule has 1 saturated heterocycles. The molecule has 0 aromatic heterocycles. The molecule has 13 heavy (non-hydrogen) atoms. The van der Waals surface area contributed by atoms with E-state index in [1.807, 2.05) is 6.92 Å². The SMILES string of the molecule is CCCNC1(C(=O)O)CCNCC1. The third-order valence-corrected chi connectivity index (χ3v) is 2.58. The van der Waals surface area contributed by atoms with Gasteiger partial charge in [0.15, 0.2) is 0 Å². The number of hydrogen-bond acceptors (Lipinski definition) is 3. The maximum Gasteiger partial charge on any atom is 0.323 e. The summed E-state index contributed by atoms with van der Waals surface area (Å²) >= 11 is 0. The highest BCUT2D eigenvalue weighted by Crippen LogP contribution is 2.18. The Morgan fingerprint density at radius 3 is 2.62 bits per heavy atom. The number of carbonyl (C=O) groups is 1. The topological polar surface area (TPSA) is 61.4 Å². The fourth-order valence-electron chi connectivity index (χ4n) is 1.68. The minimum Gasteiger partial charge on any atom is -0.480 e. The fraction of sp³-hybridized carbons (Fsp3) is 0.889. The molecule has 0 aromatic rings. The molecule has 0 amide bonds. The van der Waals surface area contributed by atoms with Gasteiger partial charge in [0.25, 0.3) is 0 Å². The average molecular weight is 186 g/mol. The van der Waals surface area contributed by atoms with E-state index >= 15 is 0 Å². The quantitative estimate of drug-likeness (QED) is 0.586. The van der Waals surface area contributed by atoms with Gasteiger partial charge in [-0.25, -0.2) is 0 Å². The van der Waals surface area contributed by atoms with Gasteiger partial charge in [-0.15, -0.1) is 0 Å². The molecule has 76 valence electrons. The van der Waals surface area contributed by atoms with Crippen LogP contribution in [0.2, 0.25) is 0 Å². The molecule has 0 bridgehead atoms. The van der Waals surface area contributed by atoms with Crippen LogP contribution < -0.4 is 10.6 Å². The first kappa shape index (κ1) is 10.5. The molecule has 1 aliphatic rings. The van der Waals surface area contributed by atoms with Crippen molar-refractivity contribution in [2.45, 2.75) is 31.7 Å². The molecule has 0 aliphatic carbocycles. The molecule has 1 aliphatic heterocycles. The molecule has 0 aromatic carbocycles. The summed E-state index contributed by atoms with van der Waals surface area (Å²) in [4.78, 5) is 11.1. The highest BCUT2D eigenvalue weighted by atomic mass is 16.4. The van der Waals surface area contributed by atoms with E-state index in [4.69, 9.17) is 5.11 Å². The van der Waals surface area contributed by atoms with Crippen molar-refractivity contribution in [1.82, 2.24) is 10.6 Å². The monoisotopic (exact) mass is 186 g/mol. The Balaban J connectivity index is 2.56. The zero-order valence-corrected chi connectivity index (χ0v) is 8.10. The van der Waals surface area contributed by atoms with Gasteiger partial charge in [-0.2, -0.15) is 0 Å². The lowest BCUT2D eigenvalue weighted by atomic mass is 9.88. The van der Waals surface area contributed by atoms with E-state index in [9.17, 15) is 4.79 Å². The van der Waals surface area contributed by atoms with Crippen molar-refractivity contribution in [3.8, 4) is 0 Å². The first-order valence-corrected chi connectivity index (χ1v) is 4.90. The van der Waals surface area contributed by atoms with Crippen molar-refractivity contribution in [3.63, 3.8) is 0 Å². The molecular formula is C9H18N2O2. The van der Waals surface area contributed by atoms with Gasteiger partial charge in [-0.3, -0.25) is 4.79 Å². The van der Waals surface area contributed by atoms with Crippen molar-refractivity contribution in [3.05, 3.63) is 0 Å². The lowest BCUT2D eigenvalue weighted by Crippen LogP contribution is -2.57. The lowest BCUT2D eigenvalue weighted by molar-refractivity contribution is -0.146. The molecule has 0 spiro atoms. The maximum absolute atomic E-state index is 11.1. The number of piperidine rings is 1. The van der Waals surface area contributed by atoms with E-state index in [1.54, 1.807) is 0 Å². The van der Waals surface area contributed by atoms with E-state index in [0.717, 1.165) is 26.1 Å². The molecule has 1 fully saturated rings. The van der Waals surface area contributed by atoms with Crippen molar-refractivity contribution >= 4 is 5.97 Å². The Morgan fingerprint density at radius 1 is 1.54 bits per heavy atom. The number of aliphatic carboxylic acids is 1. The van der Waals surface area contributed by atoms with Crippen molar-refractivity contribution < 1.29 is 9.90 Å². The second-order valence-electron chi connectivity index (χ2n) is 3.56. The lowest BCUT2D eigenvalue weighted by Gasteiger charge is -2.34. The van der Waals surface area contributed by atoms with Crippen LogP contribution in [0.4, 0.5) is 0 Å². The first-order chi connectivity index (χ1) is 6.21. The summed E-state index contributed by atoms with van der Waals surface area (Å²) in [5.74, 6) is -0.706. The summed E-state index contributed by atoms with van der Waals surface area (Å²) in [7, 11) is 0. The van der Waals surface area contributed by atoms with Crippen molar-refractivity contribution in [2.75, 3.05) is 19.6 Å². The van der Waals surface area contributed by atoms with Gasteiger partial charge < -0.3 is 15.7 Å². The minimum atomic E-state index is -0.706. The first-order valence-electron chi connectivity index (χ1n) is 4.90. The zero-order chi connectivity index (χ0) is 9.73. The van der Waals surface area contributed by atoms with Crippen LogP contribution in [0, 0.1) is 0 Å². The summed E-state index contributed by atoms with van der Waals surface area (Å²) in [6.07, 6.45) is 2.34. The molecule has 4 nitrogen and oxygen atoms in total. The van der Waals surface area contributed by atoms with Crippen LogP contribution in [-0.4, -0.2) is 36.2 Å². The van der Waals surface area contributed by atoms with Gasteiger partial charge in [0, 0.05) is 0 Å². The van der Waals surface area contributed by atoms with E-state index in [-0.39, 0.29) is 0 Å². The van der Waals surface area contributed by atoms with Gasteiger partial charge in [0.1, 0.15) is 5.54 Å². The summed E-state index contributed by atoms with van der Waals surface area (Å²) in [5, 5.41) is 15.4. The summed E-state index contributed by atoms with van der Waals surface area (Å²) in [6.45, 7) is 4.42. The van der Waals surface area contributed by atoms with Crippen LogP contribution >= 0.6 is 0 Å². The molecule has 1 heterocycles. The Bertz CT molecular complexity index is 176. The van der Waals surface area contributed by atoms with Crippen LogP contribution in [0.5, 0.6) is 0 Å². The second-order valence-corrected chi connectivity index (χ2v) is 3.56. The molecule has 1 rings (SSSR count). The van der Waals surface area contributed by atoms with Crippen LogP contribution in [0.15, 0.2) is 0 Å². The van der Waals surface area contributed by atoms with Crippen molar-refractivity contribution in [2.24, 2.45) is 0 Å². The summed E-state index contributed by atoms with van der Waals surface area (Å²) in [5.41, 5.74) is -0.665. The third kappa shape index (κ3) is 2.42. The van der Waals surface area contributed by atoms with Gasteiger partial charge >= 0.3 is 5.97 Å². The van der Waals surface area contributed by atoms with Crippen LogP contribution in [-0.2, 0) is 4.79 Å². The largest absolute Gasteiger partial charge is 0.480 e.